The van der Waals surface area contributed by atoms with Crippen molar-refractivity contribution >= 4 is 5.97 Å². The fourth-order valence-electron chi connectivity index (χ4n) is 2.22. The molecule has 0 aromatic heterocycles. The zero-order valence-electron chi connectivity index (χ0n) is 12.2. The molecule has 0 bridgehead atoms. The number of carbonyl (C=O) groups excluding carboxylic acids is 1. The van der Waals surface area contributed by atoms with Gasteiger partial charge in [0.2, 0.25) is 0 Å². The summed E-state index contributed by atoms with van der Waals surface area (Å²) in [5.41, 5.74) is 5.65. The molecule has 0 aromatic rings. The number of hydrogen-bond donors (Lipinski definition) is 1. The highest BCUT2D eigenvalue weighted by molar-refractivity contribution is 5.75. The normalized spacial score (nSPS) is 14.9. The van der Waals surface area contributed by atoms with E-state index in [1.54, 1.807) is 0 Å². The first-order chi connectivity index (χ1) is 7.50. The molecule has 0 aromatic carbocycles. The Morgan fingerprint density at radius 1 is 1.12 bits per heavy atom. The van der Waals surface area contributed by atoms with Crippen molar-refractivity contribution in [2.24, 2.45) is 16.6 Å². The molecule has 0 rings (SSSR count). The molecule has 0 saturated carbocycles. The highest BCUT2D eigenvalue weighted by atomic mass is 16.5. The lowest BCUT2D eigenvalue weighted by molar-refractivity contribution is -0.147. The lowest BCUT2D eigenvalue weighted by atomic mass is 9.74. The van der Waals surface area contributed by atoms with E-state index in [-0.39, 0.29) is 23.5 Å². The Labute approximate surface area is 105 Å². The van der Waals surface area contributed by atoms with Gasteiger partial charge in [0.15, 0.2) is 0 Å². The number of ether oxygens (including phenoxy) is 2. The van der Waals surface area contributed by atoms with E-state index in [4.69, 9.17) is 10.5 Å². The van der Waals surface area contributed by atoms with Crippen LogP contribution in [-0.2, 0) is 14.3 Å². The maximum absolute atomic E-state index is 11.2. The molecule has 0 aliphatic carbocycles. The first kappa shape index (κ1) is 16.4. The van der Waals surface area contributed by atoms with Gasteiger partial charge in [0.25, 0.3) is 0 Å². The number of esters is 1. The second-order valence-corrected chi connectivity index (χ2v) is 6.58. The molecule has 0 aliphatic heterocycles. The zero-order valence-corrected chi connectivity index (χ0v) is 12.2. The second kappa shape index (κ2) is 5.83. The molecule has 0 aliphatic rings. The Morgan fingerprint density at radius 3 is 1.82 bits per heavy atom. The van der Waals surface area contributed by atoms with Gasteiger partial charge in [0, 0.05) is 0 Å². The van der Waals surface area contributed by atoms with Gasteiger partial charge in [-0.1, -0.05) is 41.5 Å². The van der Waals surface area contributed by atoms with Crippen LogP contribution < -0.4 is 5.73 Å². The van der Waals surface area contributed by atoms with E-state index in [1.165, 1.54) is 7.11 Å². The molecule has 0 radical (unpaired) electrons. The number of carbonyl (C=O) groups is 1. The quantitative estimate of drug-likeness (QED) is 0.769. The van der Waals surface area contributed by atoms with Gasteiger partial charge in [-0.15, -0.1) is 0 Å². The van der Waals surface area contributed by atoms with Crippen LogP contribution in [0.5, 0.6) is 0 Å². The molecule has 2 N–H and O–H groups in total. The van der Waals surface area contributed by atoms with Gasteiger partial charge < -0.3 is 15.2 Å². The fraction of sp³-hybridized carbons (Fsp3) is 0.923. The van der Waals surface area contributed by atoms with Crippen LogP contribution in [0.15, 0.2) is 0 Å². The Hall–Kier alpha value is -0.610. The summed E-state index contributed by atoms with van der Waals surface area (Å²) in [6.45, 7) is 12.9. The molecule has 1 unspecified atom stereocenters. The lowest BCUT2D eigenvalue weighted by Crippen LogP contribution is -2.45. The molecule has 0 saturated heterocycles. The van der Waals surface area contributed by atoms with Crippen LogP contribution in [0.4, 0.5) is 0 Å². The number of methoxy groups -OCH3 is 1. The van der Waals surface area contributed by atoms with Crippen molar-refractivity contribution in [1.82, 2.24) is 0 Å². The van der Waals surface area contributed by atoms with Crippen LogP contribution in [0.2, 0.25) is 0 Å². The van der Waals surface area contributed by atoms with Crippen LogP contribution in [0, 0.1) is 10.8 Å². The summed E-state index contributed by atoms with van der Waals surface area (Å²) in [6.07, 6.45) is 0.0192. The van der Waals surface area contributed by atoms with Crippen molar-refractivity contribution in [3.63, 3.8) is 0 Å². The van der Waals surface area contributed by atoms with Crippen LogP contribution in [0.25, 0.3) is 0 Å². The molecule has 1 atom stereocenters. The molecule has 4 nitrogen and oxygen atoms in total. The molecule has 17 heavy (non-hydrogen) atoms. The van der Waals surface area contributed by atoms with E-state index in [2.05, 4.69) is 46.3 Å². The van der Waals surface area contributed by atoms with Crippen molar-refractivity contribution in [2.45, 2.75) is 53.7 Å². The maximum atomic E-state index is 11.2. The summed E-state index contributed by atoms with van der Waals surface area (Å²) in [7, 11) is 1.33. The van der Waals surface area contributed by atoms with Gasteiger partial charge in [-0.05, 0) is 10.8 Å². The van der Waals surface area contributed by atoms with Crippen LogP contribution in [-0.4, -0.2) is 31.8 Å². The summed E-state index contributed by atoms with van der Waals surface area (Å²) in [4.78, 5) is 11.2. The number of hydrogen-bond acceptors (Lipinski definition) is 4. The van der Waals surface area contributed by atoms with Crippen molar-refractivity contribution in [2.75, 3.05) is 13.7 Å². The zero-order chi connectivity index (χ0) is 13.9. The summed E-state index contributed by atoms with van der Waals surface area (Å²) in [5.74, 6) is -0.438. The van der Waals surface area contributed by atoms with Gasteiger partial charge >= 0.3 is 5.97 Å². The highest BCUT2D eigenvalue weighted by Crippen LogP contribution is 2.35. The first-order valence-corrected chi connectivity index (χ1v) is 5.95. The topological polar surface area (TPSA) is 61.5 Å². The lowest BCUT2D eigenvalue weighted by Gasteiger charge is -2.40. The van der Waals surface area contributed by atoms with Crippen molar-refractivity contribution < 1.29 is 14.3 Å². The first-order valence-electron chi connectivity index (χ1n) is 5.95. The van der Waals surface area contributed by atoms with E-state index in [0.29, 0.717) is 0 Å². The summed E-state index contributed by atoms with van der Waals surface area (Å²) in [6, 6.07) is -0.716. The molecule has 4 heteroatoms. The number of nitrogens with two attached hydrogens (primary N) is 1. The molecule has 0 heterocycles. The summed E-state index contributed by atoms with van der Waals surface area (Å²) >= 11 is 0. The predicted molar refractivity (Wildman–Crippen MR) is 68.6 cm³/mol. The predicted octanol–water partition coefficient (Wildman–Crippen LogP) is 1.96. The van der Waals surface area contributed by atoms with Gasteiger partial charge in [-0.3, -0.25) is 4.79 Å². The van der Waals surface area contributed by atoms with Crippen molar-refractivity contribution in [3.8, 4) is 0 Å². The molecule has 0 amide bonds. The third-order valence-electron chi connectivity index (χ3n) is 2.52. The smallest absolute Gasteiger partial charge is 0.325 e. The van der Waals surface area contributed by atoms with Gasteiger partial charge in [0.1, 0.15) is 6.04 Å². The van der Waals surface area contributed by atoms with E-state index >= 15 is 0 Å². The van der Waals surface area contributed by atoms with Crippen molar-refractivity contribution in [1.29, 1.82) is 0 Å². The third-order valence-corrected chi connectivity index (χ3v) is 2.52. The maximum Gasteiger partial charge on any atom is 0.325 e. The fourth-order valence-corrected chi connectivity index (χ4v) is 2.22. The van der Waals surface area contributed by atoms with Gasteiger partial charge in [-0.2, -0.15) is 0 Å². The van der Waals surface area contributed by atoms with E-state index < -0.39 is 12.0 Å². The van der Waals surface area contributed by atoms with E-state index in [0.717, 1.165) is 0 Å². The second-order valence-electron chi connectivity index (χ2n) is 6.58. The monoisotopic (exact) mass is 245 g/mol. The minimum atomic E-state index is -0.716. The summed E-state index contributed by atoms with van der Waals surface area (Å²) in [5, 5.41) is 0. The molecule has 0 spiro atoms. The Kier molecular flexibility index (Phi) is 5.62. The molecular formula is C13H27NO3. The Balaban J connectivity index is 4.54. The van der Waals surface area contributed by atoms with E-state index in [1.807, 2.05) is 0 Å². The van der Waals surface area contributed by atoms with Crippen molar-refractivity contribution in [3.05, 3.63) is 0 Å². The highest BCUT2D eigenvalue weighted by Gasteiger charge is 2.36. The summed E-state index contributed by atoms with van der Waals surface area (Å²) < 4.78 is 10.4. The minimum Gasteiger partial charge on any atom is -0.468 e. The minimum absolute atomic E-state index is 0.00586. The van der Waals surface area contributed by atoms with Crippen LogP contribution in [0.3, 0.4) is 0 Å². The molecular weight excluding hydrogens is 218 g/mol. The Bertz CT molecular complexity index is 236. The average Bonchev–Trinajstić information content (AvgIpc) is 2.12. The van der Waals surface area contributed by atoms with Crippen LogP contribution >= 0.6 is 0 Å². The number of rotatable bonds is 4. The molecule has 102 valence electrons. The standard InChI is InChI=1S/C13H27NO3/c1-12(2,3)11(13(4,5)6)17-8-9(14)10(15)16-7/h9,11H,8,14H2,1-7H3. The third kappa shape index (κ3) is 5.50. The van der Waals surface area contributed by atoms with Gasteiger partial charge in [0.05, 0.1) is 19.8 Å². The largest absolute Gasteiger partial charge is 0.468 e. The average molecular weight is 245 g/mol. The molecule has 0 fully saturated rings. The van der Waals surface area contributed by atoms with E-state index in [9.17, 15) is 4.79 Å². The van der Waals surface area contributed by atoms with Crippen LogP contribution in [0.1, 0.15) is 41.5 Å². The Morgan fingerprint density at radius 2 is 1.53 bits per heavy atom. The van der Waals surface area contributed by atoms with Gasteiger partial charge in [-0.25, -0.2) is 0 Å². The SMILES string of the molecule is COC(=O)C(N)COC(C(C)(C)C)C(C)(C)C.